The molecule has 0 aliphatic rings. The number of nitrogens with zero attached hydrogens (tertiary/aromatic N) is 1. The van der Waals surface area contributed by atoms with Crippen LogP contribution >= 0.6 is 0 Å². The molecule has 0 saturated heterocycles. The zero-order valence-corrected chi connectivity index (χ0v) is 13.5. The Morgan fingerprint density at radius 2 is 1.74 bits per heavy atom. The molecule has 0 aliphatic carbocycles. The highest BCUT2D eigenvalue weighted by Crippen LogP contribution is 2.25. The molecule has 0 spiro atoms. The minimum atomic E-state index is 0.244. The molecule has 0 saturated carbocycles. The first kappa shape index (κ1) is 16.0. The van der Waals surface area contributed by atoms with Crippen LogP contribution in [0.1, 0.15) is 40.2 Å². The van der Waals surface area contributed by atoms with Crippen molar-refractivity contribution < 1.29 is 0 Å². The fourth-order valence-corrected chi connectivity index (χ4v) is 2.41. The summed E-state index contributed by atoms with van der Waals surface area (Å²) in [6, 6.07) is 9.42. The first-order chi connectivity index (χ1) is 8.90. The molecule has 0 amide bonds. The van der Waals surface area contributed by atoms with Crippen molar-refractivity contribution in [2.45, 2.75) is 47.1 Å². The summed E-state index contributed by atoms with van der Waals surface area (Å²) < 4.78 is 0. The topological polar surface area (TPSA) is 15.3 Å². The number of rotatable bonds is 7. The van der Waals surface area contributed by atoms with Crippen LogP contribution in [-0.2, 0) is 6.42 Å². The van der Waals surface area contributed by atoms with Crippen LogP contribution in [0.25, 0.3) is 0 Å². The Morgan fingerprint density at radius 1 is 1.16 bits per heavy atom. The Kier molecular flexibility index (Phi) is 5.86. The number of hydrogen-bond acceptors (Lipinski definition) is 2. The maximum atomic E-state index is 3.53. The van der Waals surface area contributed by atoms with E-state index in [9.17, 15) is 0 Å². The lowest BCUT2D eigenvalue weighted by atomic mass is 9.84. The van der Waals surface area contributed by atoms with Crippen LogP contribution in [0.2, 0.25) is 0 Å². The van der Waals surface area contributed by atoms with Crippen molar-refractivity contribution in [2.24, 2.45) is 5.41 Å². The van der Waals surface area contributed by atoms with Crippen LogP contribution in [-0.4, -0.2) is 26.2 Å². The van der Waals surface area contributed by atoms with Crippen LogP contribution in [0.15, 0.2) is 24.3 Å². The van der Waals surface area contributed by atoms with Crippen LogP contribution in [0.5, 0.6) is 0 Å². The predicted molar refractivity (Wildman–Crippen MR) is 86.0 cm³/mol. The van der Waals surface area contributed by atoms with E-state index >= 15 is 0 Å². The second kappa shape index (κ2) is 6.95. The summed E-state index contributed by atoms with van der Waals surface area (Å²) in [6.45, 7) is 13.4. The molecule has 2 nitrogen and oxygen atoms in total. The molecule has 1 aromatic rings. The molecule has 1 N–H and O–H groups in total. The third-order valence-corrected chi connectivity index (χ3v) is 4.11. The summed E-state index contributed by atoms with van der Waals surface area (Å²) in [5.41, 5.74) is 2.94. The van der Waals surface area contributed by atoms with Gasteiger partial charge < -0.3 is 10.2 Å². The Morgan fingerprint density at radius 3 is 2.21 bits per heavy atom. The molecule has 0 aliphatic heterocycles. The van der Waals surface area contributed by atoms with Crippen molar-refractivity contribution in [1.29, 1.82) is 0 Å². The quantitative estimate of drug-likeness (QED) is 0.806. The number of benzene rings is 1. The SMILES string of the molecule is CCNC(C)C(C)(C)CN(C)c1ccc(CC)cc1. The Hall–Kier alpha value is -1.02. The minimum absolute atomic E-state index is 0.244. The summed E-state index contributed by atoms with van der Waals surface area (Å²) in [5, 5.41) is 3.53. The summed E-state index contributed by atoms with van der Waals surface area (Å²) >= 11 is 0. The van der Waals surface area contributed by atoms with Gasteiger partial charge in [-0.3, -0.25) is 0 Å². The minimum Gasteiger partial charge on any atom is -0.374 e. The van der Waals surface area contributed by atoms with E-state index in [1.807, 2.05) is 0 Å². The van der Waals surface area contributed by atoms with Crippen LogP contribution in [0.3, 0.4) is 0 Å². The molecule has 0 fully saturated rings. The van der Waals surface area contributed by atoms with E-state index in [2.05, 4.69) is 76.1 Å². The Labute approximate surface area is 119 Å². The number of hydrogen-bond donors (Lipinski definition) is 1. The maximum absolute atomic E-state index is 3.53. The third-order valence-electron chi connectivity index (χ3n) is 4.11. The molecule has 0 aromatic heterocycles. The average Bonchev–Trinajstić information content (AvgIpc) is 2.38. The molecule has 1 rings (SSSR count). The lowest BCUT2D eigenvalue weighted by Crippen LogP contribution is -2.46. The molecule has 0 heterocycles. The van der Waals surface area contributed by atoms with E-state index in [0.717, 1.165) is 19.5 Å². The van der Waals surface area contributed by atoms with Gasteiger partial charge in [0.05, 0.1) is 0 Å². The van der Waals surface area contributed by atoms with Crippen molar-refractivity contribution in [3.63, 3.8) is 0 Å². The van der Waals surface area contributed by atoms with Crippen LogP contribution in [0.4, 0.5) is 5.69 Å². The highest BCUT2D eigenvalue weighted by molar-refractivity contribution is 5.47. The molecule has 0 bridgehead atoms. The Bertz CT molecular complexity index is 367. The largest absolute Gasteiger partial charge is 0.374 e. The van der Waals surface area contributed by atoms with Gasteiger partial charge >= 0.3 is 0 Å². The zero-order valence-electron chi connectivity index (χ0n) is 13.5. The van der Waals surface area contributed by atoms with Gasteiger partial charge in [-0.2, -0.15) is 0 Å². The van der Waals surface area contributed by atoms with Gasteiger partial charge in [-0.25, -0.2) is 0 Å². The molecule has 19 heavy (non-hydrogen) atoms. The molecular weight excluding hydrogens is 232 g/mol. The maximum Gasteiger partial charge on any atom is 0.0363 e. The number of nitrogens with one attached hydrogen (secondary N) is 1. The first-order valence-electron chi connectivity index (χ1n) is 7.44. The number of anilines is 1. The molecule has 1 atom stereocenters. The van der Waals surface area contributed by atoms with E-state index in [-0.39, 0.29) is 5.41 Å². The van der Waals surface area contributed by atoms with Gasteiger partial charge in [0.1, 0.15) is 0 Å². The lowest BCUT2D eigenvalue weighted by Gasteiger charge is -2.37. The van der Waals surface area contributed by atoms with E-state index < -0.39 is 0 Å². The van der Waals surface area contributed by atoms with Crippen molar-refractivity contribution in [3.05, 3.63) is 29.8 Å². The second-order valence-corrected chi connectivity index (χ2v) is 6.14. The predicted octanol–water partition coefficient (Wildman–Crippen LogP) is 3.71. The van der Waals surface area contributed by atoms with Crippen LogP contribution in [0, 0.1) is 5.41 Å². The summed E-state index contributed by atoms with van der Waals surface area (Å²) in [6.07, 6.45) is 1.10. The fraction of sp³-hybridized carbons (Fsp3) is 0.647. The summed E-state index contributed by atoms with van der Waals surface area (Å²) in [4.78, 5) is 2.35. The Balaban J connectivity index is 2.69. The van der Waals surface area contributed by atoms with E-state index in [1.165, 1.54) is 11.3 Å². The van der Waals surface area contributed by atoms with Crippen molar-refractivity contribution in [1.82, 2.24) is 5.32 Å². The molecule has 108 valence electrons. The van der Waals surface area contributed by atoms with E-state index in [4.69, 9.17) is 0 Å². The molecule has 2 heteroatoms. The van der Waals surface area contributed by atoms with Gasteiger partial charge in [-0.05, 0) is 43.0 Å². The monoisotopic (exact) mass is 262 g/mol. The summed E-state index contributed by atoms with van der Waals surface area (Å²) in [5.74, 6) is 0. The number of aryl methyl sites for hydroxylation is 1. The highest BCUT2D eigenvalue weighted by atomic mass is 15.1. The first-order valence-corrected chi connectivity index (χ1v) is 7.44. The van der Waals surface area contributed by atoms with Crippen molar-refractivity contribution in [2.75, 3.05) is 25.0 Å². The smallest absolute Gasteiger partial charge is 0.0363 e. The molecule has 1 unspecified atom stereocenters. The van der Waals surface area contributed by atoms with Gasteiger partial charge in [-0.1, -0.05) is 39.8 Å². The van der Waals surface area contributed by atoms with Gasteiger partial charge in [0.25, 0.3) is 0 Å². The molecule has 1 aromatic carbocycles. The third kappa shape index (κ3) is 4.54. The normalized spacial score (nSPS) is 13.4. The lowest BCUT2D eigenvalue weighted by molar-refractivity contribution is 0.266. The van der Waals surface area contributed by atoms with E-state index in [0.29, 0.717) is 6.04 Å². The average molecular weight is 262 g/mol. The van der Waals surface area contributed by atoms with Gasteiger partial charge in [0.15, 0.2) is 0 Å². The molecular formula is C17H30N2. The standard InChI is InChI=1S/C17H30N2/c1-7-15-9-11-16(12-10-15)19(6)13-17(4,5)14(3)18-8-2/h9-12,14,18H,7-8,13H2,1-6H3. The second-order valence-electron chi connectivity index (χ2n) is 6.14. The highest BCUT2D eigenvalue weighted by Gasteiger charge is 2.26. The van der Waals surface area contributed by atoms with E-state index in [1.54, 1.807) is 0 Å². The van der Waals surface area contributed by atoms with Gasteiger partial charge in [-0.15, -0.1) is 0 Å². The van der Waals surface area contributed by atoms with Crippen molar-refractivity contribution in [3.8, 4) is 0 Å². The summed E-state index contributed by atoms with van der Waals surface area (Å²) in [7, 11) is 2.18. The van der Waals surface area contributed by atoms with Gasteiger partial charge in [0.2, 0.25) is 0 Å². The van der Waals surface area contributed by atoms with Crippen molar-refractivity contribution >= 4 is 5.69 Å². The molecule has 0 radical (unpaired) electrons. The fourth-order valence-electron chi connectivity index (χ4n) is 2.41. The van der Waals surface area contributed by atoms with Crippen LogP contribution < -0.4 is 10.2 Å². The zero-order chi connectivity index (χ0) is 14.5. The van der Waals surface area contributed by atoms with Gasteiger partial charge in [0, 0.05) is 25.3 Å².